The van der Waals surface area contributed by atoms with Gasteiger partial charge in [0.15, 0.2) is 0 Å². The van der Waals surface area contributed by atoms with Crippen molar-refractivity contribution in [2.75, 3.05) is 6.61 Å². The molecule has 2 heteroatoms. The number of aldehydes is 1. The molecule has 2 nitrogen and oxygen atoms in total. The first-order chi connectivity index (χ1) is 6.40. The van der Waals surface area contributed by atoms with E-state index < -0.39 is 0 Å². The van der Waals surface area contributed by atoms with Crippen molar-refractivity contribution in [1.82, 2.24) is 0 Å². The Morgan fingerprint density at radius 2 is 2.08 bits per heavy atom. The van der Waals surface area contributed by atoms with Crippen molar-refractivity contribution in [1.29, 1.82) is 0 Å². The van der Waals surface area contributed by atoms with E-state index >= 15 is 0 Å². The van der Waals surface area contributed by atoms with Crippen LogP contribution in [0.15, 0.2) is 36.4 Å². The van der Waals surface area contributed by atoms with Gasteiger partial charge in [0, 0.05) is 5.56 Å². The van der Waals surface area contributed by atoms with E-state index in [1.54, 1.807) is 12.1 Å². The standard InChI is InChI=1S/C11H10O2/c12-8-9-3-5-10(6-4-9)11-2-1-7-13-11/h1-6,8,11H,7H2/t11-/m0/s1. The van der Waals surface area contributed by atoms with Gasteiger partial charge in [-0.25, -0.2) is 0 Å². The second-order valence-corrected chi connectivity index (χ2v) is 2.97. The number of hydrogen-bond donors (Lipinski definition) is 0. The maximum absolute atomic E-state index is 10.4. The van der Waals surface area contributed by atoms with Gasteiger partial charge in [-0.1, -0.05) is 36.4 Å². The molecule has 1 atom stereocenters. The van der Waals surface area contributed by atoms with Crippen LogP contribution in [0.25, 0.3) is 0 Å². The summed E-state index contributed by atoms with van der Waals surface area (Å²) in [4.78, 5) is 10.4. The summed E-state index contributed by atoms with van der Waals surface area (Å²) in [6.07, 6.45) is 4.93. The van der Waals surface area contributed by atoms with Crippen molar-refractivity contribution in [3.8, 4) is 0 Å². The zero-order valence-corrected chi connectivity index (χ0v) is 7.14. The number of hydrogen-bond acceptors (Lipinski definition) is 2. The van der Waals surface area contributed by atoms with Crippen LogP contribution in [0.4, 0.5) is 0 Å². The molecule has 0 saturated heterocycles. The minimum atomic E-state index is 0.0701. The number of carbonyl (C=O) groups is 1. The highest BCUT2D eigenvalue weighted by Gasteiger charge is 2.11. The molecule has 0 amide bonds. The van der Waals surface area contributed by atoms with Crippen LogP contribution in [-0.4, -0.2) is 12.9 Å². The van der Waals surface area contributed by atoms with Crippen molar-refractivity contribution in [2.45, 2.75) is 6.10 Å². The summed E-state index contributed by atoms with van der Waals surface area (Å²) >= 11 is 0. The summed E-state index contributed by atoms with van der Waals surface area (Å²) in [6.45, 7) is 0.681. The molecule has 1 aromatic carbocycles. The molecule has 0 aromatic heterocycles. The Balaban J connectivity index is 2.21. The van der Waals surface area contributed by atoms with Gasteiger partial charge in [-0.05, 0) is 5.56 Å². The Hall–Kier alpha value is -1.41. The number of carbonyl (C=O) groups excluding carboxylic acids is 1. The molecule has 1 aliphatic heterocycles. The molecule has 0 saturated carbocycles. The van der Waals surface area contributed by atoms with E-state index in [0.29, 0.717) is 12.2 Å². The number of rotatable bonds is 2. The van der Waals surface area contributed by atoms with Gasteiger partial charge in [0.2, 0.25) is 0 Å². The normalized spacial score (nSPS) is 20.5. The molecule has 0 N–H and O–H groups in total. The molecule has 0 radical (unpaired) electrons. The van der Waals surface area contributed by atoms with E-state index in [9.17, 15) is 4.79 Å². The van der Waals surface area contributed by atoms with Gasteiger partial charge in [-0.15, -0.1) is 0 Å². The minimum absolute atomic E-state index is 0.0701. The second-order valence-electron chi connectivity index (χ2n) is 2.97. The van der Waals surface area contributed by atoms with Crippen LogP contribution in [0.1, 0.15) is 22.0 Å². The van der Waals surface area contributed by atoms with Crippen LogP contribution in [0.2, 0.25) is 0 Å². The molecule has 66 valence electrons. The van der Waals surface area contributed by atoms with Crippen molar-refractivity contribution < 1.29 is 9.53 Å². The lowest BCUT2D eigenvalue weighted by atomic mass is 10.1. The average molecular weight is 174 g/mol. The summed E-state index contributed by atoms with van der Waals surface area (Å²) in [5, 5.41) is 0. The van der Waals surface area contributed by atoms with E-state index in [-0.39, 0.29) is 6.10 Å². The van der Waals surface area contributed by atoms with Crippen LogP contribution >= 0.6 is 0 Å². The summed E-state index contributed by atoms with van der Waals surface area (Å²) in [5.74, 6) is 0. The summed E-state index contributed by atoms with van der Waals surface area (Å²) in [6, 6.07) is 7.45. The number of benzene rings is 1. The molecule has 1 aliphatic rings. The Morgan fingerprint density at radius 3 is 2.62 bits per heavy atom. The van der Waals surface area contributed by atoms with Gasteiger partial charge in [-0.3, -0.25) is 4.79 Å². The molecule has 0 aliphatic carbocycles. The molecule has 2 rings (SSSR count). The van der Waals surface area contributed by atoms with Crippen LogP contribution in [-0.2, 0) is 4.74 Å². The Morgan fingerprint density at radius 1 is 1.31 bits per heavy atom. The van der Waals surface area contributed by atoms with E-state index in [0.717, 1.165) is 11.8 Å². The topological polar surface area (TPSA) is 26.3 Å². The van der Waals surface area contributed by atoms with E-state index in [4.69, 9.17) is 4.74 Å². The minimum Gasteiger partial charge on any atom is -0.365 e. The van der Waals surface area contributed by atoms with Crippen LogP contribution in [0.5, 0.6) is 0 Å². The molecular formula is C11H10O2. The fourth-order valence-electron chi connectivity index (χ4n) is 1.37. The number of ether oxygens (including phenoxy) is 1. The summed E-state index contributed by atoms with van der Waals surface area (Å²) in [5.41, 5.74) is 1.80. The zero-order valence-electron chi connectivity index (χ0n) is 7.14. The SMILES string of the molecule is O=Cc1ccc([C@@H]2C=CCO2)cc1. The molecule has 1 aromatic rings. The first kappa shape index (κ1) is 8.20. The Labute approximate surface area is 76.8 Å². The zero-order chi connectivity index (χ0) is 9.10. The third-order valence-corrected chi connectivity index (χ3v) is 2.08. The van der Waals surface area contributed by atoms with Gasteiger partial charge >= 0.3 is 0 Å². The smallest absolute Gasteiger partial charge is 0.150 e. The fourth-order valence-corrected chi connectivity index (χ4v) is 1.37. The lowest BCUT2D eigenvalue weighted by Gasteiger charge is -2.07. The maximum Gasteiger partial charge on any atom is 0.150 e. The molecular weight excluding hydrogens is 164 g/mol. The van der Waals surface area contributed by atoms with Gasteiger partial charge < -0.3 is 4.74 Å². The van der Waals surface area contributed by atoms with Gasteiger partial charge in [0.05, 0.1) is 6.61 Å². The van der Waals surface area contributed by atoms with Crippen molar-refractivity contribution in [3.05, 3.63) is 47.5 Å². The van der Waals surface area contributed by atoms with Gasteiger partial charge in [0.25, 0.3) is 0 Å². The molecule has 13 heavy (non-hydrogen) atoms. The van der Waals surface area contributed by atoms with Crippen LogP contribution < -0.4 is 0 Å². The summed E-state index contributed by atoms with van der Waals surface area (Å²) < 4.78 is 5.41. The third-order valence-electron chi connectivity index (χ3n) is 2.08. The van der Waals surface area contributed by atoms with Gasteiger partial charge in [0.1, 0.15) is 12.4 Å². The van der Waals surface area contributed by atoms with E-state index in [1.165, 1.54) is 0 Å². The fraction of sp³-hybridized carbons (Fsp3) is 0.182. The quantitative estimate of drug-likeness (QED) is 0.507. The van der Waals surface area contributed by atoms with Crippen molar-refractivity contribution >= 4 is 6.29 Å². The largest absolute Gasteiger partial charge is 0.365 e. The molecule has 0 unspecified atom stereocenters. The van der Waals surface area contributed by atoms with Crippen molar-refractivity contribution in [2.24, 2.45) is 0 Å². The lowest BCUT2D eigenvalue weighted by Crippen LogP contribution is -1.95. The average Bonchev–Trinajstić information content (AvgIpc) is 2.71. The molecule has 0 spiro atoms. The van der Waals surface area contributed by atoms with Gasteiger partial charge in [-0.2, -0.15) is 0 Å². The molecule has 1 heterocycles. The molecule has 0 bridgehead atoms. The highest BCUT2D eigenvalue weighted by molar-refractivity contribution is 5.74. The highest BCUT2D eigenvalue weighted by Crippen LogP contribution is 2.22. The van der Waals surface area contributed by atoms with Crippen molar-refractivity contribution in [3.63, 3.8) is 0 Å². The first-order valence-corrected chi connectivity index (χ1v) is 4.23. The third kappa shape index (κ3) is 1.68. The van der Waals surface area contributed by atoms with E-state index in [1.807, 2.05) is 24.3 Å². The monoisotopic (exact) mass is 174 g/mol. The summed E-state index contributed by atoms with van der Waals surface area (Å²) in [7, 11) is 0. The van der Waals surface area contributed by atoms with Crippen LogP contribution in [0.3, 0.4) is 0 Å². The van der Waals surface area contributed by atoms with Crippen LogP contribution in [0, 0.1) is 0 Å². The highest BCUT2D eigenvalue weighted by atomic mass is 16.5. The predicted molar refractivity (Wildman–Crippen MR) is 49.7 cm³/mol. The first-order valence-electron chi connectivity index (χ1n) is 4.23. The Kier molecular flexibility index (Phi) is 2.23. The van der Waals surface area contributed by atoms with E-state index in [2.05, 4.69) is 0 Å². The maximum atomic E-state index is 10.4. The second kappa shape index (κ2) is 3.54. The Bertz CT molecular complexity index is 324. The lowest BCUT2D eigenvalue weighted by molar-refractivity contribution is 0.112. The molecule has 0 fully saturated rings. The predicted octanol–water partition coefficient (Wildman–Crippen LogP) is 2.13.